The zero-order valence-electron chi connectivity index (χ0n) is 13.5. The maximum Gasteiger partial charge on any atom is 0.417 e. The lowest BCUT2D eigenvalue weighted by molar-refractivity contribution is 0.215. The molecule has 0 aliphatic carbocycles. The van der Waals surface area contributed by atoms with Gasteiger partial charge in [-0.25, -0.2) is 4.79 Å². The molecule has 0 saturated heterocycles. The number of hydrogen-bond acceptors (Lipinski definition) is 4. The van der Waals surface area contributed by atoms with Gasteiger partial charge >= 0.3 is 6.09 Å². The fraction of sp³-hybridized carbons (Fsp3) is 0.111. The predicted molar refractivity (Wildman–Crippen MR) is 99.3 cm³/mol. The van der Waals surface area contributed by atoms with Gasteiger partial charge in [0, 0.05) is 28.3 Å². The Kier molecular flexibility index (Phi) is 5.35. The summed E-state index contributed by atoms with van der Waals surface area (Å²) in [6.07, 6.45) is 1.27. The molecule has 0 unspecified atom stereocenters. The Morgan fingerprint density at radius 2 is 1.96 bits per heavy atom. The van der Waals surface area contributed by atoms with Crippen molar-refractivity contribution in [3.05, 3.63) is 60.3 Å². The van der Waals surface area contributed by atoms with E-state index in [1.807, 2.05) is 24.4 Å². The Morgan fingerprint density at radius 3 is 2.68 bits per heavy atom. The maximum atomic E-state index is 12.1. The molecule has 0 spiro atoms. The topological polar surface area (TPSA) is 76.2 Å². The van der Waals surface area contributed by atoms with Crippen molar-refractivity contribution in [3.63, 3.8) is 0 Å². The zero-order chi connectivity index (χ0) is 17.6. The van der Waals surface area contributed by atoms with E-state index in [4.69, 9.17) is 9.47 Å². The number of alkyl halides is 1. The Bertz CT molecular complexity index is 862. The van der Waals surface area contributed by atoms with Gasteiger partial charge in [0.2, 0.25) is 0 Å². The molecule has 2 aromatic carbocycles. The summed E-state index contributed by atoms with van der Waals surface area (Å²) in [5.41, 5.74) is 3.40. The monoisotopic (exact) mass is 401 g/mol. The summed E-state index contributed by atoms with van der Waals surface area (Å²) in [6, 6.07) is 14.2. The highest BCUT2D eigenvalue weighted by Gasteiger charge is 2.10. The molecule has 0 saturated carbocycles. The second kappa shape index (κ2) is 7.85. The Hall–Kier alpha value is -2.80. The van der Waals surface area contributed by atoms with E-state index in [0.717, 1.165) is 16.8 Å². The minimum atomic E-state index is -0.565. The number of carbonyl (C=O) groups is 1. The molecular weight excluding hydrogens is 386 g/mol. The van der Waals surface area contributed by atoms with Gasteiger partial charge in [0.15, 0.2) is 0 Å². The number of anilines is 1. The number of H-pyrrole nitrogens is 1. The lowest BCUT2D eigenvalue weighted by Gasteiger charge is -2.08. The summed E-state index contributed by atoms with van der Waals surface area (Å²) in [7, 11) is 1.58. The van der Waals surface area contributed by atoms with Crippen LogP contribution in [0, 0.1) is 0 Å². The van der Waals surface area contributed by atoms with Gasteiger partial charge in [-0.2, -0.15) is 5.10 Å². The molecule has 2 N–H and O–H groups in total. The third kappa shape index (κ3) is 4.19. The number of halogens is 1. The summed E-state index contributed by atoms with van der Waals surface area (Å²) in [5.74, 6) is 1.13. The number of ether oxygens (including phenoxy) is 2. The van der Waals surface area contributed by atoms with E-state index in [-0.39, 0.29) is 0 Å². The summed E-state index contributed by atoms with van der Waals surface area (Å²) < 4.78 is 10.3. The molecule has 3 rings (SSSR count). The first-order chi connectivity index (χ1) is 12.2. The number of aromatic amines is 1. The fourth-order valence-corrected chi connectivity index (χ4v) is 2.73. The van der Waals surface area contributed by atoms with E-state index in [0.29, 0.717) is 22.5 Å². The first kappa shape index (κ1) is 17.0. The van der Waals surface area contributed by atoms with Crippen LogP contribution in [0.4, 0.5) is 10.5 Å². The average Bonchev–Trinajstić information content (AvgIpc) is 3.11. The number of methoxy groups -OCH3 is 1. The van der Waals surface area contributed by atoms with Crippen molar-refractivity contribution in [1.29, 1.82) is 0 Å². The van der Waals surface area contributed by atoms with Crippen LogP contribution < -0.4 is 14.8 Å². The van der Waals surface area contributed by atoms with Gasteiger partial charge in [-0.15, -0.1) is 0 Å². The number of carbonyl (C=O) groups excluding carboxylic acids is 1. The lowest BCUT2D eigenvalue weighted by Crippen LogP contribution is -2.16. The summed E-state index contributed by atoms with van der Waals surface area (Å²) in [5, 5.41) is 10.5. The van der Waals surface area contributed by atoms with Gasteiger partial charge in [0.05, 0.1) is 12.8 Å². The third-order valence-corrected chi connectivity index (χ3v) is 4.12. The summed E-state index contributed by atoms with van der Waals surface area (Å²) >= 11 is 3.43. The predicted octanol–water partition coefficient (Wildman–Crippen LogP) is 4.59. The molecule has 0 fully saturated rings. The number of aromatic nitrogens is 2. The van der Waals surface area contributed by atoms with Crippen LogP contribution in [-0.2, 0) is 5.33 Å². The molecular formula is C18H16BrN3O3. The van der Waals surface area contributed by atoms with Crippen LogP contribution in [0.1, 0.15) is 5.56 Å². The molecule has 0 radical (unpaired) electrons. The third-order valence-electron chi connectivity index (χ3n) is 3.52. The minimum absolute atomic E-state index is 0.434. The van der Waals surface area contributed by atoms with Crippen molar-refractivity contribution >= 4 is 27.7 Å². The zero-order valence-corrected chi connectivity index (χ0v) is 15.0. The molecule has 1 heterocycles. The highest BCUT2D eigenvalue weighted by Crippen LogP contribution is 2.25. The van der Waals surface area contributed by atoms with Crippen LogP contribution in [-0.4, -0.2) is 23.4 Å². The van der Waals surface area contributed by atoms with Crippen LogP contribution in [0.15, 0.2) is 54.7 Å². The molecule has 3 aromatic rings. The van der Waals surface area contributed by atoms with Gasteiger partial charge in [0.1, 0.15) is 11.5 Å². The van der Waals surface area contributed by atoms with Crippen molar-refractivity contribution in [2.24, 2.45) is 0 Å². The molecule has 1 amide bonds. The van der Waals surface area contributed by atoms with E-state index in [1.165, 1.54) is 0 Å². The number of rotatable bonds is 5. The van der Waals surface area contributed by atoms with Gasteiger partial charge in [-0.05, 0) is 36.4 Å². The first-order valence-corrected chi connectivity index (χ1v) is 8.63. The number of nitrogens with zero attached hydrogens (tertiary/aromatic N) is 1. The van der Waals surface area contributed by atoms with Crippen LogP contribution >= 0.6 is 15.9 Å². The van der Waals surface area contributed by atoms with Gasteiger partial charge < -0.3 is 9.47 Å². The van der Waals surface area contributed by atoms with Crippen LogP contribution in [0.25, 0.3) is 11.3 Å². The molecule has 25 heavy (non-hydrogen) atoms. The Balaban J connectivity index is 1.70. The number of amides is 1. The normalized spacial score (nSPS) is 10.3. The SMILES string of the molecule is COc1ccc(OC(=O)Nc2cccc(-c3n[nH]cc3CBr)c2)cc1. The molecule has 0 bridgehead atoms. The van der Waals surface area contributed by atoms with Crippen molar-refractivity contribution in [2.75, 3.05) is 12.4 Å². The van der Waals surface area contributed by atoms with Crippen LogP contribution in [0.5, 0.6) is 11.5 Å². The average molecular weight is 402 g/mol. The van der Waals surface area contributed by atoms with E-state index in [1.54, 1.807) is 37.4 Å². The lowest BCUT2D eigenvalue weighted by atomic mass is 10.1. The second-order valence-corrected chi connectivity index (χ2v) is 5.72. The molecule has 0 atom stereocenters. The molecule has 6 nitrogen and oxygen atoms in total. The van der Waals surface area contributed by atoms with E-state index < -0.39 is 6.09 Å². The largest absolute Gasteiger partial charge is 0.497 e. The van der Waals surface area contributed by atoms with Crippen molar-refractivity contribution < 1.29 is 14.3 Å². The van der Waals surface area contributed by atoms with E-state index in [2.05, 4.69) is 31.4 Å². The number of benzene rings is 2. The summed E-state index contributed by atoms with van der Waals surface area (Å²) in [4.78, 5) is 12.1. The van der Waals surface area contributed by atoms with Gasteiger partial charge in [-0.3, -0.25) is 10.4 Å². The van der Waals surface area contributed by atoms with Crippen LogP contribution in [0.3, 0.4) is 0 Å². The van der Waals surface area contributed by atoms with Crippen molar-refractivity contribution in [3.8, 4) is 22.8 Å². The molecule has 0 aliphatic heterocycles. The quantitative estimate of drug-likeness (QED) is 0.612. The molecule has 7 heteroatoms. The molecule has 128 valence electrons. The standard InChI is InChI=1S/C18H16BrN3O3/c1-24-15-5-7-16(8-6-15)25-18(23)21-14-4-2-3-12(9-14)17-13(10-19)11-20-22-17/h2-9,11H,10H2,1H3,(H,20,22)(H,21,23). The smallest absolute Gasteiger partial charge is 0.417 e. The minimum Gasteiger partial charge on any atom is -0.497 e. The van der Waals surface area contributed by atoms with E-state index >= 15 is 0 Å². The maximum absolute atomic E-state index is 12.1. The van der Waals surface area contributed by atoms with Crippen LogP contribution in [0.2, 0.25) is 0 Å². The Morgan fingerprint density at radius 1 is 1.20 bits per heavy atom. The second-order valence-electron chi connectivity index (χ2n) is 5.16. The highest BCUT2D eigenvalue weighted by atomic mass is 79.9. The summed E-state index contributed by atoms with van der Waals surface area (Å²) in [6.45, 7) is 0. The molecule has 1 aromatic heterocycles. The Labute approximate surface area is 153 Å². The van der Waals surface area contributed by atoms with Gasteiger partial charge in [0.25, 0.3) is 0 Å². The number of hydrogen-bond donors (Lipinski definition) is 2. The molecule has 0 aliphatic rings. The number of nitrogens with one attached hydrogen (secondary N) is 2. The van der Waals surface area contributed by atoms with E-state index in [9.17, 15) is 4.79 Å². The fourth-order valence-electron chi connectivity index (χ4n) is 2.31. The van der Waals surface area contributed by atoms with Gasteiger partial charge in [-0.1, -0.05) is 28.1 Å². The van der Waals surface area contributed by atoms with Crippen molar-refractivity contribution in [2.45, 2.75) is 5.33 Å². The van der Waals surface area contributed by atoms with Crippen molar-refractivity contribution in [1.82, 2.24) is 10.2 Å². The first-order valence-electron chi connectivity index (χ1n) is 7.51. The highest BCUT2D eigenvalue weighted by molar-refractivity contribution is 9.08.